The molecule has 0 spiro atoms. The molecule has 0 aromatic heterocycles. The fourth-order valence-electron chi connectivity index (χ4n) is 5.64. The van der Waals surface area contributed by atoms with Gasteiger partial charge in [0.05, 0.1) is 13.2 Å². The predicted molar refractivity (Wildman–Crippen MR) is 80.9 cm³/mol. The Balaban J connectivity index is 1.22. The first-order chi connectivity index (χ1) is 10.3. The lowest BCUT2D eigenvalue weighted by molar-refractivity contribution is -0.135. The molecule has 21 heavy (non-hydrogen) atoms. The molecule has 1 amide bonds. The number of carbonyl (C=O) groups is 1. The van der Waals surface area contributed by atoms with Crippen LogP contribution in [0.3, 0.4) is 0 Å². The van der Waals surface area contributed by atoms with Gasteiger partial charge in [0.15, 0.2) is 0 Å². The van der Waals surface area contributed by atoms with E-state index >= 15 is 0 Å². The minimum absolute atomic E-state index is 0.299. The van der Waals surface area contributed by atoms with E-state index in [2.05, 4.69) is 5.32 Å². The van der Waals surface area contributed by atoms with Gasteiger partial charge in [0.25, 0.3) is 0 Å². The van der Waals surface area contributed by atoms with E-state index in [-0.39, 0.29) is 0 Å². The van der Waals surface area contributed by atoms with E-state index < -0.39 is 0 Å². The molecule has 1 N–H and O–H groups in total. The Hall–Kier alpha value is -0.610. The van der Waals surface area contributed by atoms with E-state index in [1.807, 2.05) is 4.90 Å². The van der Waals surface area contributed by atoms with Crippen molar-refractivity contribution in [2.75, 3.05) is 32.8 Å². The summed E-state index contributed by atoms with van der Waals surface area (Å²) in [6, 6.07) is 0.701. The zero-order valence-electron chi connectivity index (χ0n) is 12.9. The highest BCUT2D eigenvalue weighted by Gasteiger charge is 2.53. The fourth-order valence-corrected chi connectivity index (χ4v) is 5.64. The van der Waals surface area contributed by atoms with Gasteiger partial charge in [0.2, 0.25) is 5.91 Å². The van der Waals surface area contributed by atoms with Gasteiger partial charge in [0, 0.05) is 32.1 Å². The SMILES string of the molecule is O=C(CCN[C@@H]1C[C@H]2C[C@H]1[C@H]1CCC[C@@H]21)N1CCOCC1. The van der Waals surface area contributed by atoms with Gasteiger partial charge in [-0.1, -0.05) is 6.42 Å². The number of hydrogen-bond acceptors (Lipinski definition) is 3. The van der Waals surface area contributed by atoms with Crippen LogP contribution in [0.1, 0.15) is 38.5 Å². The van der Waals surface area contributed by atoms with Crippen molar-refractivity contribution in [3.05, 3.63) is 0 Å². The van der Waals surface area contributed by atoms with Crippen molar-refractivity contribution < 1.29 is 9.53 Å². The van der Waals surface area contributed by atoms with Crippen LogP contribution in [0, 0.1) is 23.7 Å². The number of hydrogen-bond donors (Lipinski definition) is 1. The van der Waals surface area contributed by atoms with Crippen LogP contribution in [-0.4, -0.2) is 49.7 Å². The van der Waals surface area contributed by atoms with Crippen LogP contribution in [0.5, 0.6) is 0 Å². The highest BCUT2D eigenvalue weighted by atomic mass is 16.5. The number of nitrogens with one attached hydrogen (secondary N) is 1. The number of fused-ring (bicyclic) bond motifs is 5. The molecular weight excluding hydrogens is 264 g/mol. The van der Waals surface area contributed by atoms with E-state index in [0.29, 0.717) is 31.6 Å². The van der Waals surface area contributed by atoms with Crippen LogP contribution in [0.25, 0.3) is 0 Å². The second kappa shape index (κ2) is 5.88. The Morgan fingerprint density at radius 2 is 1.90 bits per heavy atom. The summed E-state index contributed by atoms with van der Waals surface area (Å²) in [5.74, 6) is 4.28. The molecule has 4 nitrogen and oxygen atoms in total. The first-order valence-corrected chi connectivity index (χ1v) is 8.92. The van der Waals surface area contributed by atoms with Crippen LogP contribution in [0.4, 0.5) is 0 Å². The minimum Gasteiger partial charge on any atom is -0.378 e. The van der Waals surface area contributed by atoms with Gasteiger partial charge in [-0.25, -0.2) is 0 Å². The summed E-state index contributed by atoms with van der Waals surface area (Å²) >= 11 is 0. The minimum atomic E-state index is 0.299. The van der Waals surface area contributed by atoms with Crippen LogP contribution < -0.4 is 5.32 Å². The number of rotatable bonds is 4. The van der Waals surface area contributed by atoms with Gasteiger partial charge in [-0.2, -0.15) is 0 Å². The Morgan fingerprint density at radius 1 is 1.10 bits per heavy atom. The Morgan fingerprint density at radius 3 is 2.76 bits per heavy atom. The van der Waals surface area contributed by atoms with E-state index in [1.54, 1.807) is 0 Å². The second-order valence-electron chi connectivity index (χ2n) is 7.46. The lowest BCUT2D eigenvalue weighted by Crippen LogP contribution is -2.44. The molecule has 1 aliphatic heterocycles. The van der Waals surface area contributed by atoms with Crippen LogP contribution in [-0.2, 0) is 9.53 Å². The maximum atomic E-state index is 12.1. The summed E-state index contributed by atoms with van der Waals surface area (Å²) in [6.07, 6.45) is 7.92. The van der Waals surface area contributed by atoms with Gasteiger partial charge in [-0.3, -0.25) is 4.79 Å². The van der Waals surface area contributed by atoms with Crippen molar-refractivity contribution >= 4 is 5.91 Å². The second-order valence-corrected chi connectivity index (χ2v) is 7.46. The third-order valence-corrected chi connectivity index (χ3v) is 6.54. The van der Waals surface area contributed by atoms with Crippen molar-refractivity contribution in [2.24, 2.45) is 23.7 Å². The molecule has 4 fully saturated rings. The first kappa shape index (κ1) is 14.0. The number of morpholine rings is 1. The molecule has 1 saturated heterocycles. The largest absolute Gasteiger partial charge is 0.378 e. The standard InChI is InChI=1S/C17H28N2O2/c20-17(19-6-8-21-9-7-19)4-5-18-16-11-12-10-15(16)14-3-1-2-13(12)14/h12-16,18H,1-11H2/t12-,13+,14+,15+,16-/m1/s1. The summed E-state index contributed by atoms with van der Waals surface area (Å²) < 4.78 is 5.30. The van der Waals surface area contributed by atoms with Crippen molar-refractivity contribution in [1.82, 2.24) is 10.2 Å². The van der Waals surface area contributed by atoms with Crippen LogP contribution in [0.15, 0.2) is 0 Å². The monoisotopic (exact) mass is 292 g/mol. The number of ether oxygens (including phenoxy) is 1. The lowest BCUT2D eigenvalue weighted by atomic mass is 9.79. The number of carbonyl (C=O) groups excluding carboxylic acids is 1. The van der Waals surface area contributed by atoms with Crippen molar-refractivity contribution in [1.29, 1.82) is 0 Å². The Labute approximate surface area is 127 Å². The molecule has 2 bridgehead atoms. The van der Waals surface area contributed by atoms with E-state index in [9.17, 15) is 4.79 Å². The molecule has 4 rings (SSSR count). The average Bonchev–Trinajstić information content (AvgIpc) is 3.20. The first-order valence-electron chi connectivity index (χ1n) is 8.92. The molecule has 0 aromatic rings. The molecule has 0 unspecified atom stereocenters. The van der Waals surface area contributed by atoms with Gasteiger partial charge in [0.1, 0.15) is 0 Å². The molecule has 5 atom stereocenters. The smallest absolute Gasteiger partial charge is 0.224 e. The predicted octanol–water partition coefficient (Wildman–Crippen LogP) is 1.65. The lowest BCUT2D eigenvalue weighted by Gasteiger charge is -2.32. The molecule has 0 aromatic carbocycles. The summed E-state index contributed by atoms with van der Waals surface area (Å²) in [6.45, 7) is 3.82. The normalized spacial score (nSPS) is 41.5. The Bertz CT molecular complexity index is 394. The number of nitrogens with zero attached hydrogens (tertiary/aromatic N) is 1. The van der Waals surface area contributed by atoms with Gasteiger partial charge >= 0.3 is 0 Å². The molecule has 118 valence electrons. The maximum absolute atomic E-state index is 12.1. The highest BCUT2D eigenvalue weighted by molar-refractivity contribution is 5.76. The molecule has 4 heteroatoms. The van der Waals surface area contributed by atoms with Crippen LogP contribution in [0.2, 0.25) is 0 Å². The Kier molecular flexibility index (Phi) is 3.92. The van der Waals surface area contributed by atoms with E-state index in [4.69, 9.17) is 4.74 Å². The van der Waals surface area contributed by atoms with Gasteiger partial charge in [-0.05, 0) is 49.4 Å². The molecule has 0 radical (unpaired) electrons. The summed E-state index contributed by atoms with van der Waals surface area (Å²) in [5.41, 5.74) is 0. The van der Waals surface area contributed by atoms with Crippen molar-refractivity contribution in [3.63, 3.8) is 0 Å². The molecule has 3 aliphatic carbocycles. The highest BCUT2D eigenvalue weighted by Crippen LogP contribution is 2.58. The van der Waals surface area contributed by atoms with E-state index in [0.717, 1.165) is 43.3 Å². The summed E-state index contributed by atoms with van der Waals surface area (Å²) in [7, 11) is 0. The molecule has 1 heterocycles. The topological polar surface area (TPSA) is 41.6 Å². The van der Waals surface area contributed by atoms with Gasteiger partial charge in [-0.15, -0.1) is 0 Å². The zero-order valence-corrected chi connectivity index (χ0v) is 12.9. The summed E-state index contributed by atoms with van der Waals surface area (Å²) in [4.78, 5) is 14.1. The zero-order chi connectivity index (χ0) is 14.2. The molecule has 4 aliphatic rings. The van der Waals surface area contributed by atoms with Crippen molar-refractivity contribution in [2.45, 2.75) is 44.6 Å². The fraction of sp³-hybridized carbons (Fsp3) is 0.941. The average molecular weight is 292 g/mol. The quantitative estimate of drug-likeness (QED) is 0.856. The van der Waals surface area contributed by atoms with Crippen LogP contribution >= 0.6 is 0 Å². The van der Waals surface area contributed by atoms with E-state index in [1.165, 1.54) is 32.1 Å². The third kappa shape index (κ3) is 2.61. The summed E-state index contributed by atoms with van der Waals surface area (Å²) in [5, 5.41) is 3.72. The molecule has 3 saturated carbocycles. The molecular formula is C17H28N2O2. The third-order valence-electron chi connectivity index (χ3n) is 6.54. The van der Waals surface area contributed by atoms with Gasteiger partial charge < -0.3 is 15.0 Å². The maximum Gasteiger partial charge on any atom is 0.224 e. The number of amides is 1. The van der Waals surface area contributed by atoms with Crippen molar-refractivity contribution in [3.8, 4) is 0 Å².